The van der Waals surface area contributed by atoms with Gasteiger partial charge in [-0.3, -0.25) is 14.5 Å². The molecule has 92 valence electrons. The van der Waals surface area contributed by atoms with Crippen molar-refractivity contribution in [2.75, 3.05) is 26.7 Å². The van der Waals surface area contributed by atoms with Gasteiger partial charge in [0.25, 0.3) is 0 Å². The molecule has 0 fully saturated rings. The van der Waals surface area contributed by atoms with E-state index >= 15 is 0 Å². The van der Waals surface area contributed by atoms with Crippen LogP contribution in [0.15, 0.2) is 11.6 Å². The molecular weight excluding hydrogens is 204 g/mol. The first-order chi connectivity index (χ1) is 7.52. The number of carbonyl (C=O) groups excluding carboxylic acids is 1. The second-order valence-corrected chi connectivity index (χ2v) is 4.93. The maximum atomic E-state index is 11.0. The first-order valence-corrected chi connectivity index (χ1v) is 5.75. The molecule has 0 saturated carbocycles. The van der Waals surface area contributed by atoms with Gasteiger partial charge in [-0.05, 0) is 19.9 Å². The zero-order valence-electron chi connectivity index (χ0n) is 10.6. The van der Waals surface area contributed by atoms with Gasteiger partial charge in [-0.1, -0.05) is 25.5 Å². The molecular formula is C12H22N2O2. The van der Waals surface area contributed by atoms with Crippen LogP contribution in [-0.2, 0) is 9.63 Å². The molecule has 0 radical (unpaired) electrons. The molecule has 1 atom stereocenters. The minimum Gasteiger partial charge on any atom is -0.300 e. The van der Waals surface area contributed by atoms with E-state index in [1.54, 1.807) is 0 Å². The van der Waals surface area contributed by atoms with E-state index in [0.29, 0.717) is 12.5 Å². The van der Waals surface area contributed by atoms with Crippen LogP contribution in [0.1, 0.15) is 20.8 Å². The lowest BCUT2D eigenvalue weighted by molar-refractivity contribution is -0.187. The molecule has 0 aromatic heterocycles. The fourth-order valence-corrected chi connectivity index (χ4v) is 1.84. The summed E-state index contributed by atoms with van der Waals surface area (Å²) in [6.45, 7) is 8.58. The molecule has 0 aliphatic carbocycles. The third kappa shape index (κ3) is 3.94. The van der Waals surface area contributed by atoms with Crippen LogP contribution < -0.4 is 0 Å². The van der Waals surface area contributed by atoms with Gasteiger partial charge in [0.2, 0.25) is 6.41 Å². The van der Waals surface area contributed by atoms with Crippen molar-refractivity contribution >= 4 is 6.41 Å². The number of nitrogens with zero attached hydrogens (tertiary/aromatic N) is 2. The number of rotatable bonds is 5. The predicted octanol–water partition coefficient (Wildman–Crippen LogP) is 1.29. The van der Waals surface area contributed by atoms with E-state index in [4.69, 9.17) is 4.84 Å². The number of amides is 1. The summed E-state index contributed by atoms with van der Waals surface area (Å²) in [4.78, 5) is 18.7. The second kappa shape index (κ2) is 6.01. The highest BCUT2D eigenvalue weighted by Crippen LogP contribution is 2.13. The summed E-state index contributed by atoms with van der Waals surface area (Å²) in [5.41, 5.74) is 1.28. The molecule has 0 spiro atoms. The summed E-state index contributed by atoms with van der Waals surface area (Å²) in [6, 6.07) is 0.0370. The molecule has 4 heteroatoms. The molecule has 0 N–H and O–H groups in total. The van der Waals surface area contributed by atoms with Crippen LogP contribution in [0.25, 0.3) is 0 Å². The van der Waals surface area contributed by atoms with Crippen molar-refractivity contribution in [1.29, 1.82) is 0 Å². The van der Waals surface area contributed by atoms with Crippen LogP contribution in [0.5, 0.6) is 0 Å². The van der Waals surface area contributed by atoms with Crippen molar-refractivity contribution in [2.24, 2.45) is 5.92 Å². The summed E-state index contributed by atoms with van der Waals surface area (Å²) >= 11 is 0. The fourth-order valence-electron chi connectivity index (χ4n) is 1.84. The molecule has 16 heavy (non-hydrogen) atoms. The van der Waals surface area contributed by atoms with E-state index in [9.17, 15) is 4.79 Å². The van der Waals surface area contributed by atoms with Crippen LogP contribution in [-0.4, -0.2) is 49.2 Å². The molecule has 0 bridgehead atoms. The summed E-state index contributed by atoms with van der Waals surface area (Å²) in [7, 11) is 2.05. The highest BCUT2D eigenvalue weighted by molar-refractivity contribution is 5.46. The zero-order valence-corrected chi connectivity index (χ0v) is 10.6. The van der Waals surface area contributed by atoms with Crippen LogP contribution >= 0.6 is 0 Å². The quantitative estimate of drug-likeness (QED) is 0.402. The molecule has 1 aliphatic rings. The molecule has 0 saturated heterocycles. The van der Waals surface area contributed by atoms with Gasteiger partial charge in [0.1, 0.15) is 0 Å². The third-order valence-corrected chi connectivity index (χ3v) is 2.48. The van der Waals surface area contributed by atoms with Gasteiger partial charge >= 0.3 is 0 Å². The largest absolute Gasteiger partial charge is 0.300 e. The number of hydrogen-bond donors (Lipinski definition) is 0. The van der Waals surface area contributed by atoms with Crippen molar-refractivity contribution in [2.45, 2.75) is 26.8 Å². The van der Waals surface area contributed by atoms with E-state index in [-0.39, 0.29) is 6.04 Å². The van der Waals surface area contributed by atoms with Crippen LogP contribution in [0.3, 0.4) is 0 Å². The zero-order chi connectivity index (χ0) is 12.1. The Hall–Kier alpha value is -0.870. The fraction of sp³-hybridized carbons (Fsp3) is 0.750. The van der Waals surface area contributed by atoms with Gasteiger partial charge in [0.05, 0.1) is 12.6 Å². The maximum absolute atomic E-state index is 11.0. The van der Waals surface area contributed by atoms with Crippen molar-refractivity contribution in [1.82, 2.24) is 9.96 Å². The van der Waals surface area contributed by atoms with Crippen LogP contribution in [0, 0.1) is 5.92 Å². The average Bonchev–Trinajstić information content (AvgIpc) is 2.16. The van der Waals surface area contributed by atoms with Gasteiger partial charge in [0, 0.05) is 13.1 Å². The summed E-state index contributed by atoms with van der Waals surface area (Å²) in [6.07, 6.45) is 2.88. The van der Waals surface area contributed by atoms with Gasteiger partial charge in [-0.25, -0.2) is 5.06 Å². The molecule has 1 heterocycles. The number of carbonyl (C=O) groups is 1. The Bertz CT molecular complexity index is 264. The molecule has 1 unspecified atom stereocenters. The minimum atomic E-state index is 0.0370. The third-order valence-electron chi connectivity index (χ3n) is 2.48. The Kier molecular flexibility index (Phi) is 4.96. The van der Waals surface area contributed by atoms with E-state index in [1.807, 2.05) is 0 Å². The van der Waals surface area contributed by atoms with Crippen LogP contribution in [0.2, 0.25) is 0 Å². The number of hydrogen-bond acceptors (Lipinski definition) is 3. The van der Waals surface area contributed by atoms with E-state index < -0.39 is 0 Å². The van der Waals surface area contributed by atoms with E-state index in [1.165, 1.54) is 10.6 Å². The predicted molar refractivity (Wildman–Crippen MR) is 63.7 cm³/mol. The first kappa shape index (κ1) is 13.2. The summed E-state index contributed by atoms with van der Waals surface area (Å²) < 4.78 is 0. The Morgan fingerprint density at radius 1 is 1.69 bits per heavy atom. The minimum absolute atomic E-state index is 0.0370. The van der Waals surface area contributed by atoms with Crippen molar-refractivity contribution in [3.8, 4) is 0 Å². The maximum Gasteiger partial charge on any atom is 0.233 e. The molecule has 0 aromatic carbocycles. The van der Waals surface area contributed by atoms with E-state index in [2.05, 4.69) is 38.8 Å². The normalized spacial score (nSPS) is 22.1. The van der Waals surface area contributed by atoms with Gasteiger partial charge in [0.15, 0.2) is 0 Å². The Labute approximate surface area is 97.8 Å². The number of likely N-dealkylation sites (N-methyl/N-ethyl adjacent to an activating group) is 1. The van der Waals surface area contributed by atoms with E-state index in [0.717, 1.165) is 19.5 Å². The second-order valence-electron chi connectivity index (χ2n) is 4.93. The molecule has 4 nitrogen and oxygen atoms in total. The lowest BCUT2D eigenvalue weighted by atomic mass is 10.1. The van der Waals surface area contributed by atoms with Gasteiger partial charge in [-0.2, -0.15) is 0 Å². The van der Waals surface area contributed by atoms with Gasteiger partial charge < -0.3 is 0 Å². The molecule has 1 aliphatic heterocycles. The molecule has 1 amide bonds. The first-order valence-electron chi connectivity index (χ1n) is 5.75. The topological polar surface area (TPSA) is 32.8 Å². The number of hydroxylamine groups is 2. The Morgan fingerprint density at radius 2 is 2.38 bits per heavy atom. The highest BCUT2D eigenvalue weighted by Gasteiger charge is 2.22. The average molecular weight is 226 g/mol. The van der Waals surface area contributed by atoms with Crippen molar-refractivity contribution in [3.05, 3.63) is 11.6 Å². The summed E-state index contributed by atoms with van der Waals surface area (Å²) in [5, 5.41) is 1.43. The lowest BCUT2D eigenvalue weighted by Crippen LogP contribution is -2.44. The standard InChI is InChI=1S/C12H22N2O2/c1-10(2)8-16-14(9-15)12-5-11(3)6-13(4)7-12/h5,9-10,12H,6-8H2,1-4H3. The Balaban J connectivity index is 2.58. The molecule has 0 aromatic rings. The highest BCUT2D eigenvalue weighted by atomic mass is 16.7. The smallest absolute Gasteiger partial charge is 0.233 e. The van der Waals surface area contributed by atoms with Crippen molar-refractivity contribution in [3.63, 3.8) is 0 Å². The summed E-state index contributed by atoms with van der Waals surface area (Å²) in [5.74, 6) is 0.425. The monoisotopic (exact) mass is 226 g/mol. The van der Waals surface area contributed by atoms with Crippen LogP contribution in [0.4, 0.5) is 0 Å². The van der Waals surface area contributed by atoms with Gasteiger partial charge in [-0.15, -0.1) is 0 Å². The SMILES string of the molecule is CC1=CC(N(C=O)OCC(C)C)CN(C)C1. The lowest BCUT2D eigenvalue weighted by Gasteiger charge is -2.33. The van der Waals surface area contributed by atoms with Crippen molar-refractivity contribution < 1.29 is 9.63 Å². The Morgan fingerprint density at radius 3 is 2.88 bits per heavy atom. The molecule has 1 rings (SSSR count).